The standard InChI is InChI=1S/C15H10ClF6NO.ClH/c16-11-6-9(5-10(7-11)14(17,18)19)13(23)8-1-3-12(4-2-8)24-15(20,21)22;/h1-7,13H,23H2;1H/t13-;/m0./s1. The Hall–Kier alpha value is -1.64. The van der Waals surface area contributed by atoms with Crippen LogP contribution in [0.4, 0.5) is 26.3 Å². The molecular weight excluding hydrogens is 395 g/mol. The molecule has 138 valence electrons. The van der Waals surface area contributed by atoms with Gasteiger partial charge in [-0.3, -0.25) is 0 Å². The third-order valence-electron chi connectivity index (χ3n) is 3.08. The van der Waals surface area contributed by atoms with Gasteiger partial charge in [-0.05, 0) is 41.5 Å². The molecule has 0 heterocycles. The molecule has 0 aliphatic rings. The largest absolute Gasteiger partial charge is 0.573 e. The molecule has 0 spiro atoms. The van der Waals surface area contributed by atoms with Crippen molar-refractivity contribution >= 4 is 24.0 Å². The number of halogens is 8. The van der Waals surface area contributed by atoms with Crippen molar-refractivity contribution in [3.05, 3.63) is 64.2 Å². The lowest BCUT2D eigenvalue weighted by molar-refractivity contribution is -0.274. The van der Waals surface area contributed by atoms with Gasteiger partial charge in [-0.15, -0.1) is 25.6 Å². The van der Waals surface area contributed by atoms with Gasteiger partial charge in [0.05, 0.1) is 11.6 Å². The first kappa shape index (κ1) is 21.4. The van der Waals surface area contributed by atoms with E-state index in [4.69, 9.17) is 17.3 Å². The molecular formula is C15H11Cl2F6NO. The Morgan fingerprint density at radius 1 is 0.880 bits per heavy atom. The van der Waals surface area contributed by atoms with Crippen LogP contribution >= 0.6 is 24.0 Å². The summed E-state index contributed by atoms with van der Waals surface area (Å²) in [5, 5.41) is -0.146. The van der Waals surface area contributed by atoms with E-state index in [1.807, 2.05) is 0 Å². The molecule has 2 rings (SSSR count). The van der Waals surface area contributed by atoms with Crippen molar-refractivity contribution in [2.75, 3.05) is 0 Å². The fraction of sp³-hybridized carbons (Fsp3) is 0.200. The number of ether oxygens (including phenoxy) is 1. The molecule has 0 aliphatic carbocycles. The Morgan fingerprint density at radius 3 is 1.92 bits per heavy atom. The molecule has 10 heteroatoms. The average molecular weight is 406 g/mol. The summed E-state index contributed by atoms with van der Waals surface area (Å²) in [6, 6.07) is 6.40. The number of rotatable bonds is 3. The summed E-state index contributed by atoms with van der Waals surface area (Å²) in [7, 11) is 0. The van der Waals surface area contributed by atoms with Crippen LogP contribution in [-0.4, -0.2) is 6.36 Å². The highest BCUT2D eigenvalue weighted by Crippen LogP contribution is 2.34. The molecule has 25 heavy (non-hydrogen) atoms. The van der Waals surface area contributed by atoms with Gasteiger partial charge in [0.2, 0.25) is 0 Å². The molecule has 0 fully saturated rings. The van der Waals surface area contributed by atoms with E-state index in [1.165, 1.54) is 18.2 Å². The fourth-order valence-electron chi connectivity index (χ4n) is 2.02. The van der Waals surface area contributed by atoms with Crippen molar-refractivity contribution < 1.29 is 31.1 Å². The van der Waals surface area contributed by atoms with Crippen LogP contribution in [0.2, 0.25) is 5.02 Å². The smallest absolute Gasteiger partial charge is 0.406 e. The third kappa shape index (κ3) is 5.98. The Bertz CT molecular complexity index is 715. The molecule has 0 bridgehead atoms. The van der Waals surface area contributed by atoms with Crippen molar-refractivity contribution in [3.8, 4) is 5.75 Å². The first-order chi connectivity index (χ1) is 11.0. The fourth-order valence-corrected chi connectivity index (χ4v) is 2.27. The topological polar surface area (TPSA) is 35.2 Å². The van der Waals surface area contributed by atoms with E-state index in [-0.39, 0.29) is 23.0 Å². The summed E-state index contributed by atoms with van der Waals surface area (Å²) in [6.07, 6.45) is -9.43. The van der Waals surface area contributed by atoms with Crippen molar-refractivity contribution in [2.24, 2.45) is 5.73 Å². The number of hydrogen-bond acceptors (Lipinski definition) is 2. The van der Waals surface area contributed by atoms with Crippen LogP contribution in [0.3, 0.4) is 0 Å². The van der Waals surface area contributed by atoms with Gasteiger partial charge in [0.25, 0.3) is 0 Å². The molecule has 0 aromatic heterocycles. The van der Waals surface area contributed by atoms with Gasteiger partial charge < -0.3 is 10.5 Å². The maximum Gasteiger partial charge on any atom is 0.573 e. The highest BCUT2D eigenvalue weighted by molar-refractivity contribution is 6.30. The van der Waals surface area contributed by atoms with E-state index in [9.17, 15) is 26.3 Å². The Kier molecular flexibility index (Phi) is 6.61. The number of hydrogen-bond donors (Lipinski definition) is 1. The minimum Gasteiger partial charge on any atom is -0.406 e. The minimum absolute atomic E-state index is 0. The van der Waals surface area contributed by atoms with Crippen LogP contribution in [-0.2, 0) is 6.18 Å². The van der Waals surface area contributed by atoms with Crippen LogP contribution in [0.25, 0.3) is 0 Å². The molecule has 0 unspecified atom stereocenters. The monoisotopic (exact) mass is 405 g/mol. The first-order valence-electron chi connectivity index (χ1n) is 6.45. The van der Waals surface area contributed by atoms with E-state index >= 15 is 0 Å². The van der Waals surface area contributed by atoms with Crippen LogP contribution in [0.1, 0.15) is 22.7 Å². The van der Waals surface area contributed by atoms with E-state index in [2.05, 4.69) is 4.74 Å². The van der Waals surface area contributed by atoms with Crippen molar-refractivity contribution in [2.45, 2.75) is 18.6 Å². The van der Waals surface area contributed by atoms with Crippen LogP contribution in [0.5, 0.6) is 5.75 Å². The highest BCUT2D eigenvalue weighted by atomic mass is 35.5. The summed E-state index contributed by atoms with van der Waals surface area (Å²) in [4.78, 5) is 0. The molecule has 2 N–H and O–H groups in total. The zero-order chi connectivity index (χ0) is 18.1. The molecule has 0 saturated heterocycles. The summed E-state index contributed by atoms with van der Waals surface area (Å²) in [6.45, 7) is 0. The lowest BCUT2D eigenvalue weighted by Gasteiger charge is -2.16. The number of alkyl halides is 6. The molecule has 0 radical (unpaired) electrons. The van der Waals surface area contributed by atoms with Gasteiger partial charge in [-0.2, -0.15) is 13.2 Å². The number of benzene rings is 2. The normalized spacial score (nSPS) is 13.1. The highest BCUT2D eigenvalue weighted by Gasteiger charge is 2.32. The predicted octanol–water partition coefficient (Wildman–Crippen LogP) is 5.73. The van der Waals surface area contributed by atoms with E-state index in [0.717, 1.165) is 24.3 Å². The SMILES string of the molecule is Cl.N[C@@H](c1ccc(OC(F)(F)F)cc1)c1cc(Cl)cc(C(F)(F)F)c1. The van der Waals surface area contributed by atoms with Crippen LogP contribution in [0.15, 0.2) is 42.5 Å². The van der Waals surface area contributed by atoms with Gasteiger partial charge in [0.15, 0.2) is 0 Å². The second-order valence-electron chi connectivity index (χ2n) is 4.87. The van der Waals surface area contributed by atoms with Gasteiger partial charge in [-0.1, -0.05) is 23.7 Å². The van der Waals surface area contributed by atoms with E-state index in [1.54, 1.807) is 0 Å². The van der Waals surface area contributed by atoms with Crippen molar-refractivity contribution in [3.63, 3.8) is 0 Å². The van der Waals surface area contributed by atoms with Gasteiger partial charge >= 0.3 is 12.5 Å². The van der Waals surface area contributed by atoms with Crippen LogP contribution in [0, 0.1) is 0 Å². The van der Waals surface area contributed by atoms with E-state index < -0.39 is 29.9 Å². The Balaban J connectivity index is 0.00000312. The van der Waals surface area contributed by atoms with Crippen molar-refractivity contribution in [1.82, 2.24) is 0 Å². The van der Waals surface area contributed by atoms with Crippen molar-refractivity contribution in [1.29, 1.82) is 0 Å². The Morgan fingerprint density at radius 2 is 1.44 bits per heavy atom. The summed E-state index contributed by atoms with van der Waals surface area (Å²) in [5.74, 6) is -0.458. The molecule has 1 atom stereocenters. The lowest BCUT2D eigenvalue weighted by Crippen LogP contribution is -2.17. The molecule has 2 aromatic carbocycles. The first-order valence-corrected chi connectivity index (χ1v) is 6.82. The molecule has 0 aliphatic heterocycles. The maximum absolute atomic E-state index is 12.8. The summed E-state index contributed by atoms with van der Waals surface area (Å²) in [5.41, 5.74) is 5.31. The minimum atomic E-state index is -4.84. The lowest BCUT2D eigenvalue weighted by atomic mass is 9.97. The van der Waals surface area contributed by atoms with Gasteiger partial charge in [-0.25, -0.2) is 0 Å². The molecule has 0 saturated carbocycles. The van der Waals surface area contributed by atoms with E-state index in [0.29, 0.717) is 5.56 Å². The summed E-state index contributed by atoms with van der Waals surface area (Å²) < 4.78 is 78.4. The molecule has 2 aromatic rings. The zero-order valence-electron chi connectivity index (χ0n) is 12.2. The zero-order valence-corrected chi connectivity index (χ0v) is 13.7. The second kappa shape index (κ2) is 7.72. The number of nitrogens with two attached hydrogens (primary N) is 1. The maximum atomic E-state index is 12.8. The second-order valence-corrected chi connectivity index (χ2v) is 5.30. The predicted molar refractivity (Wildman–Crippen MR) is 82.9 cm³/mol. The molecule has 2 nitrogen and oxygen atoms in total. The molecule has 0 amide bonds. The Labute approximate surface area is 149 Å². The van der Waals surface area contributed by atoms with Crippen LogP contribution < -0.4 is 10.5 Å². The van der Waals surface area contributed by atoms with Gasteiger partial charge in [0.1, 0.15) is 5.75 Å². The quantitative estimate of drug-likeness (QED) is 0.662. The third-order valence-corrected chi connectivity index (χ3v) is 3.30. The average Bonchev–Trinajstić information content (AvgIpc) is 2.44. The van der Waals surface area contributed by atoms with Gasteiger partial charge in [0, 0.05) is 5.02 Å². The summed E-state index contributed by atoms with van der Waals surface area (Å²) >= 11 is 5.68.